The van der Waals surface area contributed by atoms with Crippen LogP contribution >= 0.6 is 0 Å². The van der Waals surface area contributed by atoms with Gasteiger partial charge in [-0.25, -0.2) is 12.8 Å². The lowest BCUT2D eigenvalue weighted by molar-refractivity contribution is 0.102. The molecule has 0 spiro atoms. The highest BCUT2D eigenvalue weighted by atomic mass is 32.2. The SMILES string of the molecule is Cc1ccc(C(=O)Nc2ccccc2F)cc1S(=O)(=O)N1CCCCCC1. The Kier molecular flexibility index (Phi) is 5.92. The first-order valence-corrected chi connectivity index (χ1v) is 10.5. The van der Waals surface area contributed by atoms with Crippen molar-refractivity contribution in [3.8, 4) is 0 Å². The van der Waals surface area contributed by atoms with Crippen LogP contribution in [0.5, 0.6) is 0 Å². The Morgan fingerprint density at radius 1 is 1.04 bits per heavy atom. The summed E-state index contributed by atoms with van der Waals surface area (Å²) in [4.78, 5) is 12.6. The minimum Gasteiger partial charge on any atom is -0.319 e. The number of sulfonamides is 1. The fraction of sp³-hybridized carbons (Fsp3) is 0.350. The van der Waals surface area contributed by atoms with Crippen molar-refractivity contribution in [2.75, 3.05) is 18.4 Å². The van der Waals surface area contributed by atoms with Crippen LogP contribution in [0.4, 0.5) is 10.1 Å². The molecule has 2 aromatic carbocycles. The van der Waals surface area contributed by atoms with Gasteiger partial charge in [0.15, 0.2) is 0 Å². The molecule has 5 nitrogen and oxygen atoms in total. The summed E-state index contributed by atoms with van der Waals surface area (Å²) in [5.41, 5.74) is 0.818. The summed E-state index contributed by atoms with van der Waals surface area (Å²) in [6.45, 7) is 2.70. The van der Waals surface area contributed by atoms with E-state index in [1.165, 1.54) is 28.6 Å². The zero-order valence-electron chi connectivity index (χ0n) is 15.2. The number of nitrogens with zero attached hydrogens (tertiary/aromatic N) is 1. The number of halogens is 1. The minimum atomic E-state index is -3.67. The number of para-hydroxylation sites is 1. The molecular formula is C20H23FN2O3S. The maximum Gasteiger partial charge on any atom is 0.255 e. The topological polar surface area (TPSA) is 66.5 Å². The van der Waals surface area contributed by atoms with Crippen LogP contribution in [0, 0.1) is 12.7 Å². The van der Waals surface area contributed by atoms with E-state index in [-0.39, 0.29) is 16.1 Å². The largest absolute Gasteiger partial charge is 0.319 e. The maximum atomic E-state index is 13.8. The van der Waals surface area contributed by atoms with Crippen molar-refractivity contribution in [2.45, 2.75) is 37.5 Å². The molecule has 1 aliphatic rings. The number of benzene rings is 2. The zero-order chi connectivity index (χ0) is 19.4. The molecule has 144 valence electrons. The van der Waals surface area contributed by atoms with Crippen molar-refractivity contribution < 1.29 is 17.6 Å². The number of nitrogens with one attached hydrogen (secondary N) is 1. The molecule has 1 N–H and O–H groups in total. The van der Waals surface area contributed by atoms with E-state index < -0.39 is 21.7 Å². The zero-order valence-corrected chi connectivity index (χ0v) is 16.1. The fourth-order valence-corrected chi connectivity index (χ4v) is 4.97. The number of rotatable bonds is 4. The highest BCUT2D eigenvalue weighted by molar-refractivity contribution is 7.89. The van der Waals surface area contributed by atoms with Gasteiger partial charge in [-0.1, -0.05) is 31.0 Å². The molecular weight excluding hydrogens is 367 g/mol. The van der Waals surface area contributed by atoms with Crippen molar-refractivity contribution in [2.24, 2.45) is 0 Å². The molecule has 1 aliphatic heterocycles. The second kappa shape index (κ2) is 8.19. The quantitative estimate of drug-likeness (QED) is 0.860. The maximum absolute atomic E-state index is 13.8. The number of carbonyl (C=O) groups is 1. The van der Waals surface area contributed by atoms with Gasteiger partial charge in [0.2, 0.25) is 10.0 Å². The van der Waals surface area contributed by atoms with E-state index in [1.54, 1.807) is 25.1 Å². The Morgan fingerprint density at radius 3 is 2.37 bits per heavy atom. The minimum absolute atomic E-state index is 0.0556. The van der Waals surface area contributed by atoms with Gasteiger partial charge < -0.3 is 5.32 Å². The van der Waals surface area contributed by atoms with E-state index in [1.807, 2.05) is 0 Å². The van der Waals surface area contributed by atoms with E-state index in [9.17, 15) is 17.6 Å². The molecule has 0 saturated carbocycles. The van der Waals surface area contributed by atoms with E-state index in [4.69, 9.17) is 0 Å². The lowest BCUT2D eigenvalue weighted by atomic mass is 10.1. The summed E-state index contributed by atoms with van der Waals surface area (Å²) in [5, 5.41) is 2.49. The number of anilines is 1. The number of hydrogen-bond acceptors (Lipinski definition) is 3. The Labute approximate surface area is 159 Å². The Bertz CT molecular complexity index is 936. The molecule has 1 heterocycles. The molecule has 0 aliphatic carbocycles. The van der Waals surface area contributed by atoms with Crippen molar-refractivity contribution in [3.05, 3.63) is 59.4 Å². The fourth-order valence-electron chi connectivity index (χ4n) is 3.20. The second-order valence-electron chi connectivity index (χ2n) is 6.73. The average Bonchev–Trinajstić information content (AvgIpc) is 2.94. The Hall–Kier alpha value is -2.25. The predicted molar refractivity (Wildman–Crippen MR) is 103 cm³/mol. The van der Waals surface area contributed by atoms with Gasteiger partial charge in [0.05, 0.1) is 10.6 Å². The third kappa shape index (κ3) is 4.36. The lowest BCUT2D eigenvalue weighted by Crippen LogP contribution is -2.32. The number of aryl methyl sites for hydroxylation is 1. The highest BCUT2D eigenvalue weighted by Crippen LogP contribution is 2.25. The van der Waals surface area contributed by atoms with Gasteiger partial charge in [-0.2, -0.15) is 4.31 Å². The normalized spacial score (nSPS) is 15.9. The molecule has 27 heavy (non-hydrogen) atoms. The first-order chi connectivity index (χ1) is 12.9. The number of hydrogen-bond donors (Lipinski definition) is 1. The second-order valence-corrected chi connectivity index (χ2v) is 8.64. The van der Waals surface area contributed by atoms with Crippen LogP contribution in [0.15, 0.2) is 47.4 Å². The molecule has 0 unspecified atom stereocenters. The molecule has 2 aromatic rings. The molecule has 1 saturated heterocycles. The number of carbonyl (C=O) groups excluding carboxylic acids is 1. The van der Waals surface area contributed by atoms with Gasteiger partial charge in [0, 0.05) is 18.7 Å². The van der Waals surface area contributed by atoms with Crippen molar-refractivity contribution in [1.82, 2.24) is 4.31 Å². The van der Waals surface area contributed by atoms with Gasteiger partial charge >= 0.3 is 0 Å². The summed E-state index contributed by atoms with van der Waals surface area (Å²) >= 11 is 0. The van der Waals surface area contributed by atoms with Gasteiger partial charge in [0.1, 0.15) is 5.82 Å². The third-order valence-electron chi connectivity index (χ3n) is 4.76. The molecule has 0 radical (unpaired) electrons. The van der Waals surface area contributed by atoms with Crippen molar-refractivity contribution in [1.29, 1.82) is 0 Å². The van der Waals surface area contributed by atoms with E-state index in [0.29, 0.717) is 18.7 Å². The van der Waals surface area contributed by atoms with Crippen LogP contribution in [0.1, 0.15) is 41.6 Å². The Morgan fingerprint density at radius 2 is 1.70 bits per heavy atom. The van der Waals surface area contributed by atoms with Crippen LogP contribution < -0.4 is 5.32 Å². The van der Waals surface area contributed by atoms with Crippen LogP contribution in [0.3, 0.4) is 0 Å². The third-order valence-corrected chi connectivity index (χ3v) is 6.80. The monoisotopic (exact) mass is 390 g/mol. The van der Waals surface area contributed by atoms with Crippen molar-refractivity contribution >= 4 is 21.6 Å². The van der Waals surface area contributed by atoms with E-state index in [2.05, 4.69) is 5.32 Å². The predicted octanol–water partition coefficient (Wildman–Crippen LogP) is 3.95. The first kappa shape index (κ1) is 19.5. The standard InChI is InChI=1S/C20H23FN2O3S/c1-15-10-11-16(20(24)22-18-9-5-4-8-17(18)21)14-19(15)27(25,26)23-12-6-2-3-7-13-23/h4-5,8-11,14H,2-3,6-7,12-13H2,1H3,(H,22,24). The molecule has 7 heteroatoms. The molecule has 0 atom stereocenters. The summed E-state index contributed by atoms with van der Waals surface area (Å²) in [5.74, 6) is -1.09. The molecule has 0 aromatic heterocycles. The smallest absolute Gasteiger partial charge is 0.255 e. The van der Waals surface area contributed by atoms with Crippen LogP contribution in [0.25, 0.3) is 0 Å². The van der Waals surface area contributed by atoms with Gasteiger partial charge in [0.25, 0.3) is 5.91 Å². The van der Waals surface area contributed by atoms with Crippen LogP contribution in [-0.2, 0) is 10.0 Å². The van der Waals surface area contributed by atoms with E-state index >= 15 is 0 Å². The van der Waals surface area contributed by atoms with Crippen LogP contribution in [-0.4, -0.2) is 31.7 Å². The summed E-state index contributed by atoms with van der Waals surface area (Å²) in [7, 11) is -3.67. The molecule has 1 fully saturated rings. The lowest BCUT2D eigenvalue weighted by Gasteiger charge is -2.21. The van der Waals surface area contributed by atoms with Gasteiger partial charge in [-0.15, -0.1) is 0 Å². The van der Waals surface area contributed by atoms with Gasteiger partial charge in [-0.3, -0.25) is 4.79 Å². The van der Waals surface area contributed by atoms with E-state index in [0.717, 1.165) is 25.7 Å². The van der Waals surface area contributed by atoms with Gasteiger partial charge in [-0.05, 0) is 49.6 Å². The number of amides is 1. The molecule has 3 rings (SSSR count). The molecule has 1 amide bonds. The first-order valence-electron chi connectivity index (χ1n) is 9.06. The molecule has 0 bridgehead atoms. The van der Waals surface area contributed by atoms with Crippen LogP contribution in [0.2, 0.25) is 0 Å². The Balaban J connectivity index is 1.89. The van der Waals surface area contributed by atoms with Crippen molar-refractivity contribution in [3.63, 3.8) is 0 Å². The summed E-state index contributed by atoms with van der Waals surface area (Å²) < 4.78 is 41.4. The average molecular weight is 390 g/mol. The summed E-state index contributed by atoms with van der Waals surface area (Å²) in [6.07, 6.45) is 3.73. The summed E-state index contributed by atoms with van der Waals surface area (Å²) in [6, 6.07) is 10.4. The highest BCUT2D eigenvalue weighted by Gasteiger charge is 2.27.